The van der Waals surface area contributed by atoms with E-state index >= 15 is 0 Å². The van der Waals surface area contributed by atoms with Gasteiger partial charge in [0.05, 0.1) is 51.6 Å². The Morgan fingerprint density at radius 1 is 0.765 bits per heavy atom. The van der Waals surface area contributed by atoms with Crippen molar-refractivity contribution in [3.05, 3.63) is 71.3 Å². The van der Waals surface area contributed by atoms with Gasteiger partial charge in [0.1, 0.15) is 17.2 Å². The predicted molar refractivity (Wildman–Crippen MR) is 206 cm³/mol. The molecule has 1 N–H and O–H groups in total. The van der Waals surface area contributed by atoms with Crippen molar-refractivity contribution in [2.45, 2.75) is 76.0 Å². The van der Waals surface area contributed by atoms with Gasteiger partial charge in [0.15, 0.2) is 0 Å². The van der Waals surface area contributed by atoms with Crippen LogP contribution in [-0.2, 0) is 21.0 Å². The van der Waals surface area contributed by atoms with Crippen LogP contribution in [0.3, 0.4) is 0 Å². The van der Waals surface area contributed by atoms with E-state index in [1.54, 1.807) is 40.2 Å². The SMILES string of the molecule is C.COc1ccc2c(c1)[C@@](C)(CC#N)C(=O)N2C.COc1ccc2c(c1)[C@@]1(C)CCN(C)C1N2C.COc1ccc2c(c1)[C@@]1(C)CCNC1N2C. The number of nitriles is 1. The normalized spacial score (nSPS) is 27.8. The van der Waals surface area contributed by atoms with Crippen molar-refractivity contribution in [2.75, 3.05) is 77.3 Å². The van der Waals surface area contributed by atoms with Gasteiger partial charge < -0.3 is 28.9 Å². The van der Waals surface area contributed by atoms with Gasteiger partial charge in [0.2, 0.25) is 5.91 Å². The van der Waals surface area contributed by atoms with Crippen molar-refractivity contribution < 1.29 is 19.0 Å². The fraction of sp³-hybridized carbons (Fsp3) is 0.512. The van der Waals surface area contributed by atoms with Gasteiger partial charge in [-0.3, -0.25) is 15.0 Å². The van der Waals surface area contributed by atoms with Crippen LogP contribution in [0.15, 0.2) is 54.6 Å². The second-order valence-electron chi connectivity index (χ2n) is 14.9. The maximum absolute atomic E-state index is 12.2. The van der Waals surface area contributed by atoms with E-state index in [-0.39, 0.29) is 30.6 Å². The molecule has 0 spiro atoms. The van der Waals surface area contributed by atoms with Gasteiger partial charge in [0, 0.05) is 55.6 Å². The summed E-state index contributed by atoms with van der Waals surface area (Å²) in [5.41, 5.74) is 6.99. The number of anilines is 3. The van der Waals surface area contributed by atoms with E-state index in [0.717, 1.165) is 29.3 Å². The van der Waals surface area contributed by atoms with Crippen molar-refractivity contribution >= 4 is 23.0 Å². The molecule has 3 aromatic carbocycles. The van der Waals surface area contributed by atoms with Crippen molar-refractivity contribution in [1.82, 2.24) is 10.2 Å². The molecule has 2 saturated heterocycles. The molecule has 51 heavy (non-hydrogen) atoms. The molecule has 2 fully saturated rings. The number of carbonyl (C=O) groups excluding carboxylic acids is 1. The largest absolute Gasteiger partial charge is 0.497 e. The number of amides is 1. The number of likely N-dealkylation sites (N-methyl/N-ethyl adjacent to an activating group) is 4. The molecule has 10 nitrogen and oxygen atoms in total. The van der Waals surface area contributed by atoms with Gasteiger partial charge in [-0.1, -0.05) is 21.3 Å². The van der Waals surface area contributed by atoms with Crippen LogP contribution in [0.25, 0.3) is 0 Å². The Hall–Kier alpha value is -4.46. The van der Waals surface area contributed by atoms with Crippen LogP contribution in [-0.4, -0.2) is 85.7 Å². The molecule has 0 saturated carbocycles. The van der Waals surface area contributed by atoms with E-state index in [2.05, 4.69) is 91.4 Å². The second kappa shape index (κ2) is 13.9. The third kappa shape index (κ3) is 5.84. The number of fused-ring (bicyclic) bond motifs is 7. The lowest BCUT2D eigenvalue weighted by molar-refractivity contribution is -0.122. The maximum atomic E-state index is 12.2. The quantitative estimate of drug-likeness (QED) is 0.339. The summed E-state index contributed by atoms with van der Waals surface area (Å²) in [4.78, 5) is 21.0. The fourth-order valence-electron chi connectivity index (χ4n) is 9.21. The molecule has 274 valence electrons. The number of methoxy groups -OCH3 is 3. The van der Waals surface area contributed by atoms with Crippen LogP contribution in [0.1, 0.15) is 64.2 Å². The summed E-state index contributed by atoms with van der Waals surface area (Å²) in [6.07, 6.45) is 3.52. The first kappa shape index (κ1) is 37.8. The van der Waals surface area contributed by atoms with E-state index in [9.17, 15) is 4.79 Å². The molecular weight excluding hydrogens is 640 g/mol. The van der Waals surface area contributed by atoms with Crippen LogP contribution in [0.4, 0.5) is 17.1 Å². The van der Waals surface area contributed by atoms with Gasteiger partial charge in [-0.25, -0.2) is 0 Å². The van der Waals surface area contributed by atoms with Crippen molar-refractivity contribution in [3.63, 3.8) is 0 Å². The highest BCUT2D eigenvalue weighted by Gasteiger charge is 2.52. The Bertz CT molecular complexity index is 1830. The number of nitrogens with one attached hydrogen (secondary N) is 1. The Balaban J connectivity index is 0.000000147. The van der Waals surface area contributed by atoms with Crippen LogP contribution >= 0.6 is 0 Å². The molecule has 2 unspecified atom stereocenters. The fourth-order valence-corrected chi connectivity index (χ4v) is 9.21. The van der Waals surface area contributed by atoms with E-state index in [1.165, 1.54) is 41.9 Å². The zero-order chi connectivity index (χ0) is 36.2. The lowest BCUT2D eigenvalue weighted by Gasteiger charge is -2.32. The summed E-state index contributed by atoms with van der Waals surface area (Å²) >= 11 is 0. The molecule has 5 aliphatic rings. The molecule has 8 rings (SSSR count). The first-order valence-electron chi connectivity index (χ1n) is 17.4. The van der Waals surface area contributed by atoms with Crippen molar-refractivity contribution in [2.24, 2.45) is 0 Å². The minimum Gasteiger partial charge on any atom is -0.497 e. The van der Waals surface area contributed by atoms with Gasteiger partial charge in [-0.15, -0.1) is 0 Å². The highest BCUT2D eigenvalue weighted by Crippen LogP contribution is 2.52. The van der Waals surface area contributed by atoms with E-state index < -0.39 is 5.41 Å². The molecule has 0 aromatic heterocycles. The Morgan fingerprint density at radius 2 is 1.27 bits per heavy atom. The Labute approximate surface area is 304 Å². The predicted octanol–water partition coefficient (Wildman–Crippen LogP) is 6.27. The molecule has 0 bridgehead atoms. The minimum atomic E-state index is -0.757. The first-order valence-corrected chi connectivity index (χ1v) is 17.4. The first-order chi connectivity index (χ1) is 23.8. The smallest absolute Gasteiger partial charge is 0.238 e. The third-order valence-corrected chi connectivity index (χ3v) is 12.1. The molecular formula is C41H56N6O4. The Morgan fingerprint density at radius 3 is 1.82 bits per heavy atom. The molecule has 10 heteroatoms. The van der Waals surface area contributed by atoms with Crippen LogP contribution in [0.5, 0.6) is 17.2 Å². The second-order valence-corrected chi connectivity index (χ2v) is 14.9. The molecule has 5 aliphatic heterocycles. The number of hydrogen-bond acceptors (Lipinski definition) is 9. The summed E-state index contributed by atoms with van der Waals surface area (Å²) < 4.78 is 15.9. The average Bonchev–Trinajstić information content (AvgIpc) is 3.84. The summed E-state index contributed by atoms with van der Waals surface area (Å²) in [5, 5.41) is 12.5. The molecule has 3 aromatic rings. The number of nitrogens with zero attached hydrogens (tertiary/aromatic N) is 5. The monoisotopic (exact) mass is 696 g/mol. The average molecular weight is 697 g/mol. The number of benzene rings is 3. The summed E-state index contributed by atoms with van der Waals surface area (Å²) in [6, 6.07) is 20.5. The van der Waals surface area contributed by atoms with Gasteiger partial charge in [-0.05, 0) is 105 Å². The van der Waals surface area contributed by atoms with E-state index in [1.807, 2.05) is 24.3 Å². The number of likely N-dealkylation sites (tertiary alicyclic amines) is 1. The highest BCUT2D eigenvalue weighted by molar-refractivity contribution is 6.07. The van der Waals surface area contributed by atoms with Gasteiger partial charge >= 0.3 is 0 Å². The van der Waals surface area contributed by atoms with Crippen LogP contribution in [0, 0.1) is 11.3 Å². The standard InChI is InChI=1S/C14H20N2O.C13H14N2O2.C13H18N2O.CH4/c1-14-7-8-15(2)13(14)16(3)12-6-5-10(17-4)9-11(12)14;1-13(6-7-14)10-8-9(17-3)4-5-11(10)15(2)12(13)16;1-13-6-7-14-12(13)15(2)11-5-4-9(16-3)8-10(11)13;/h5-6,9,13H,7-8H2,1-4H3;4-5,8H,6H2,1-3H3;4-5,8,12,14H,6-7H2,1-3H3;1H4/t13?,14-;13-;12?,13-;/m111./s1. The third-order valence-electron chi connectivity index (χ3n) is 12.1. The lowest BCUT2D eigenvalue weighted by Crippen LogP contribution is -2.45. The highest BCUT2D eigenvalue weighted by atomic mass is 16.5. The molecule has 0 radical (unpaired) electrons. The summed E-state index contributed by atoms with van der Waals surface area (Å²) in [5.74, 6) is 2.59. The number of hydrogen-bond donors (Lipinski definition) is 1. The van der Waals surface area contributed by atoms with Gasteiger partial charge in [0.25, 0.3) is 0 Å². The van der Waals surface area contributed by atoms with E-state index in [4.69, 9.17) is 19.5 Å². The summed E-state index contributed by atoms with van der Waals surface area (Å²) in [7, 11) is 13.4. The van der Waals surface area contributed by atoms with Crippen LogP contribution < -0.4 is 34.2 Å². The number of ether oxygens (including phenoxy) is 3. The lowest BCUT2D eigenvalue weighted by atomic mass is 9.81. The van der Waals surface area contributed by atoms with E-state index in [0.29, 0.717) is 18.1 Å². The molecule has 5 atom stereocenters. The molecule has 1 amide bonds. The maximum Gasteiger partial charge on any atom is 0.238 e. The summed E-state index contributed by atoms with van der Waals surface area (Å²) in [6.45, 7) is 8.80. The van der Waals surface area contributed by atoms with Gasteiger partial charge in [-0.2, -0.15) is 5.26 Å². The number of rotatable bonds is 4. The zero-order valence-electron chi connectivity index (χ0n) is 31.3. The number of carbonyl (C=O) groups is 1. The van der Waals surface area contributed by atoms with Crippen molar-refractivity contribution in [1.29, 1.82) is 5.26 Å². The molecule has 0 aliphatic carbocycles. The topological polar surface area (TPSA) is 93.5 Å². The van der Waals surface area contributed by atoms with Crippen molar-refractivity contribution in [3.8, 4) is 23.3 Å². The minimum absolute atomic E-state index is 0. The van der Waals surface area contributed by atoms with Crippen LogP contribution in [0.2, 0.25) is 0 Å². The Kier molecular flexibility index (Phi) is 10.3. The zero-order valence-corrected chi connectivity index (χ0v) is 31.3. The molecule has 5 heterocycles.